The van der Waals surface area contributed by atoms with Crippen LogP contribution in [0.1, 0.15) is 36.5 Å². The standard InChI is InChI=1S/C13H14BrClN2O/c1-3-5-10(15)12-16-13(18-17-12)9-7-4-6-8(2)11(9)14/h4,6-7,10H,3,5H2,1-2H3. The molecule has 3 nitrogen and oxygen atoms in total. The number of halogens is 2. The molecule has 0 bridgehead atoms. The summed E-state index contributed by atoms with van der Waals surface area (Å²) in [5.74, 6) is 1.06. The summed E-state index contributed by atoms with van der Waals surface area (Å²) < 4.78 is 6.25. The van der Waals surface area contributed by atoms with Crippen molar-refractivity contribution in [3.05, 3.63) is 34.1 Å². The lowest BCUT2D eigenvalue weighted by Crippen LogP contribution is -1.92. The minimum Gasteiger partial charge on any atom is -0.334 e. The Bertz CT molecular complexity index is 542. The number of nitrogens with zero attached hydrogens (tertiary/aromatic N) is 2. The molecule has 96 valence electrons. The van der Waals surface area contributed by atoms with E-state index in [1.54, 1.807) is 0 Å². The first-order chi connectivity index (χ1) is 8.63. The second kappa shape index (κ2) is 5.85. The molecule has 0 N–H and O–H groups in total. The number of aryl methyl sites for hydroxylation is 1. The molecule has 2 aromatic rings. The quantitative estimate of drug-likeness (QED) is 0.750. The summed E-state index contributed by atoms with van der Waals surface area (Å²) in [7, 11) is 0. The minimum atomic E-state index is -0.184. The molecule has 0 aliphatic heterocycles. The van der Waals surface area contributed by atoms with Gasteiger partial charge in [-0.1, -0.05) is 30.6 Å². The third-order valence-electron chi connectivity index (χ3n) is 2.69. The second-order valence-electron chi connectivity index (χ2n) is 4.15. The van der Waals surface area contributed by atoms with Crippen LogP contribution in [0.2, 0.25) is 0 Å². The maximum Gasteiger partial charge on any atom is 0.259 e. The fraction of sp³-hybridized carbons (Fsp3) is 0.385. The summed E-state index contributed by atoms with van der Waals surface area (Å²) in [6.45, 7) is 4.10. The molecular formula is C13H14BrClN2O. The molecule has 0 saturated heterocycles. The van der Waals surface area contributed by atoms with Gasteiger partial charge in [0.2, 0.25) is 0 Å². The normalized spacial score (nSPS) is 12.7. The topological polar surface area (TPSA) is 38.9 Å². The van der Waals surface area contributed by atoms with Crippen LogP contribution in [0.25, 0.3) is 11.5 Å². The highest BCUT2D eigenvalue weighted by Crippen LogP contribution is 2.31. The van der Waals surface area contributed by atoms with Crippen LogP contribution in [0.4, 0.5) is 0 Å². The van der Waals surface area contributed by atoms with Crippen LogP contribution in [-0.2, 0) is 0 Å². The van der Waals surface area contributed by atoms with Gasteiger partial charge in [-0.25, -0.2) is 0 Å². The zero-order valence-electron chi connectivity index (χ0n) is 10.3. The molecule has 5 heteroatoms. The van der Waals surface area contributed by atoms with Gasteiger partial charge in [0, 0.05) is 4.47 Å². The van der Waals surface area contributed by atoms with E-state index in [9.17, 15) is 0 Å². The summed E-state index contributed by atoms with van der Waals surface area (Å²) in [6, 6.07) is 5.92. The zero-order valence-corrected chi connectivity index (χ0v) is 12.6. The Morgan fingerprint density at radius 3 is 2.94 bits per heavy atom. The molecular weight excluding hydrogens is 316 g/mol. The van der Waals surface area contributed by atoms with Crippen molar-refractivity contribution in [3.63, 3.8) is 0 Å². The Morgan fingerprint density at radius 2 is 2.22 bits per heavy atom. The number of rotatable bonds is 4. The Kier molecular flexibility index (Phi) is 4.40. The maximum atomic E-state index is 6.18. The van der Waals surface area contributed by atoms with Gasteiger partial charge in [-0.05, 0) is 40.9 Å². The predicted octanol–water partition coefficient (Wildman–Crippen LogP) is 4.89. The van der Waals surface area contributed by atoms with Crippen LogP contribution in [0, 0.1) is 6.92 Å². The van der Waals surface area contributed by atoms with Gasteiger partial charge < -0.3 is 4.52 Å². The molecule has 1 aromatic heterocycles. The Balaban J connectivity index is 2.32. The minimum absolute atomic E-state index is 0.184. The van der Waals surface area contributed by atoms with E-state index in [4.69, 9.17) is 16.1 Å². The van der Waals surface area contributed by atoms with Gasteiger partial charge in [0.05, 0.1) is 10.9 Å². The number of hydrogen-bond acceptors (Lipinski definition) is 3. The average molecular weight is 330 g/mol. The van der Waals surface area contributed by atoms with E-state index < -0.39 is 0 Å². The maximum absolute atomic E-state index is 6.18. The Labute approximate surface area is 120 Å². The molecule has 1 unspecified atom stereocenters. The molecule has 0 radical (unpaired) electrons. The van der Waals surface area contributed by atoms with Gasteiger partial charge in [-0.15, -0.1) is 11.6 Å². The number of alkyl halides is 1. The Hall–Kier alpha value is -0.870. The van der Waals surface area contributed by atoms with E-state index in [0.29, 0.717) is 11.7 Å². The molecule has 0 spiro atoms. The molecule has 0 fully saturated rings. The fourth-order valence-electron chi connectivity index (χ4n) is 1.67. The molecule has 0 aliphatic rings. The molecule has 1 aromatic carbocycles. The fourth-order valence-corrected chi connectivity index (χ4v) is 2.41. The van der Waals surface area contributed by atoms with Crippen LogP contribution < -0.4 is 0 Å². The van der Waals surface area contributed by atoms with Crippen molar-refractivity contribution in [3.8, 4) is 11.5 Å². The molecule has 0 aliphatic carbocycles. The van der Waals surface area contributed by atoms with Crippen molar-refractivity contribution >= 4 is 27.5 Å². The summed E-state index contributed by atoms with van der Waals surface area (Å²) in [5, 5.41) is 3.76. The molecule has 18 heavy (non-hydrogen) atoms. The second-order valence-corrected chi connectivity index (χ2v) is 5.47. The highest BCUT2D eigenvalue weighted by molar-refractivity contribution is 9.10. The van der Waals surface area contributed by atoms with Crippen molar-refractivity contribution in [2.75, 3.05) is 0 Å². The van der Waals surface area contributed by atoms with Gasteiger partial charge in [0.1, 0.15) is 0 Å². The lowest BCUT2D eigenvalue weighted by atomic mass is 10.1. The molecule has 0 saturated carbocycles. The van der Waals surface area contributed by atoms with E-state index in [1.165, 1.54) is 0 Å². The first-order valence-corrected chi connectivity index (χ1v) is 7.09. The Morgan fingerprint density at radius 1 is 1.44 bits per heavy atom. The van der Waals surface area contributed by atoms with Crippen molar-refractivity contribution in [2.24, 2.45) is 0 Å². The van der Waals surface area contributed by atoms with Gasteiger partial charge in [-0.2, -0.15) is 4.98 Å². The number of benzene rings is 1. The van der Waals surface area contributed by atoms with E-state index in [1.807, 2.05) is 25.1 Å². The van der Waals surface area contributed by atoms with Crippen molar-refractivity contribution < 1.29 is 4.52 Å². The van der Waals surface area contributed by atoms with E-state index >= 15 is 0 Å². The zero-order chi connectivity index (χ0) is 13.1. The van der Waals surface area contributed by atoms with E-state index in [2.05, 4.69) is 33.0 Å². The predicted molar refractivity (Wildman–Crippen MR) is 75.7 cm³/mol. The monoisotopic (exact) mass is 328 g/mol. The van der Waals surface area contributed by atoms with Crippen LogP contribution in [-0.4, -0.2) is 10.1 Å². The van der Waals surface area contributed by atoms with Crippen molar-refractivity contribution in [1.82, 2.24) is 10.1 Å². The molecule has 2 rings (SSSR count). The highest BCUT2D eigenvalue weighted by Gasteiger charge is 2.17. The molecule has 0 amide bonds. The van der Waals surface area contributed by atoms with Crippen LogP contribution in [0.5, 0.6) is 0 Å². The van der Waals surface area contributed by atoms with Crippen LogP contribution in [0.3, 0.4) is 0 Å². The summed E-state index contributed by atoms with van der Waals surface area (Å²) >= 11 is 9.71. The summed E-state index contributed by atoms with van der Waals surface area (Å²) in [4.78, 5) is 4.36. The van der Waals surface area contributed by atoms with Gasteiger partial charge in [-0.3, -0.25) is 0 Å². The lowest BCUT2D eigenvalue weighted by Gasteiger charge is -2.02. The van der Waals surface area contributed by atoms with E-state index in [0.717, 1.165) is 28.4 Å². The molecule has 1 atom stereocenters. The SMILES string of the molecule is CCCC(Cl)c1noc(-c2cccc(C)c2Br)n1. The third kappa shape index (κ3) is 2.75. The van der Waals surface area contributed by atoms with Gasteiger partial charge in [0.25, 0.3) is 5.89 Å². The summed E-state index contributed by atoms with van der Waals surface area (Å²) in [6.07, 6.45) is 1.84. The average Bonchev–Trinajstić information content (AvgIpc) is 2.82. The molecule has 1 heterocycles. The first-order valence-electron chi connectivity index (χ1n) is 5.86. The smallest absolute Gasteiger partial charge is 0.259 e. The van der Waals surface area contributed by atoms with Gasteiger partial charge in [0.15, 0.2) is 5.82 Å². The highest BCUT2D eigenvalue weighted by atomic mass is 79.9. The number of hydrogen-bond donors (Lipinski definition) is 0. The van der Waals surface area contributed by atoms with Crippen LogP contribution >= 0.6 is 27.5 Å². The number of aromatic nitrogens is 2. The largest absolute Gasteiger partial charge is 0.334 e. The first kappa shape index (κ1) is 13.6. The van der Waals surface area contributed by atoms with Crippen molar-refractivity contribution in [1.29, 1.82) is 0 Å². The van der Waals surface area contributed by atoms with E-state index in [-0.39, 0.29) is 5.38 Å². The lowest BCUT2D eigenvalue weighted by molar-refractivity contribution is 0.420. The third-order valence-corrected chi connectivity index (χ3v) is 4.15. The summed E-state index contributed by atoms with van der Waals surface area (Å²) in [5.41, 5.74) is 2.03. The van der Waals surface area contributed by atoms with Gasteiger partial charge >= 0.3 is 0 Å². The van der Waals surface area contributed by atoms with Crippen LogP contribution in [0.15, 0.2) is 27.2 Å². The van der Waals surface area contributed by atoms with Crippen molar-refractivity contribution in [2.45, 2.75) is 32.1 Å².